The number of allylic oxidation sites excluding steroid dienone is 3. The van der Waals surface area contributed by atoms with Gasteiger partial charge in [-0.3, -0.25) is 0 Å². The van der Waals surface area contributed by atoms with E-state index in [1.165, 1.54) is 0 Å². The summed E-state index contributed by atoms with van der Waals surface area (Å²) in [6.07, 6.45) is -23.7. The van der Waals surface area contributed by atoms with Crippen LogP contribution >= 0.6 is 0 Å². The molecule has 5 aliphatic carbocycles. The van der Waals surface area contributed by atoms with Crippen molar-refractivity contribution in [2.24, 2.45) is 50.7 Å². The lowest BCUT2D eigenvalue weighted by Gasteiger charge is -2.72. The Bertz CT molecular complexity index is 2340. The van der Waals surface area contributed by atoms with E-state index in [-0.39, 0.29) is 29.7 Å². The summed E-state index contributed by atoms with van der Waals surface area (Å²) in [5.41, 5.74) is -3.52. The quantitative estimate of drug-likeness (QED) is 0.0467. The molecule has 79 heavy (non-hydrogen) atoms. The van der Waals surface area contributed by atoms with Gasteiger partial charge in [0.05, 0.1) is 43.5 Å². The van der Waals surface area contributed by atoms with Gasteiger partial charge < -0.3 is 99.2 Å². The van der Waals surface area contributed by atoms with Gasteiger partial charge in [-0.15, -0.1) is 0 Å². The van der Waals surface area contributed by atoms with Gasteiger partial charge in [-0.05, 0) is 101 Å². The van der Waals surface area contributed by atoms with Crippen molar-refractivity contribution in [2.45, 2.75) is 224 Å². The summed E-state index contributed by atoms with van der Waals surface area (Å²) in [7, 11) is 0. The monoisotopic (exact) mass is 1130 g/mol. The van der Waals surface area contributed by atoms with Gasteiger partial charge in [0.15, 0.2) is 31.1 Å². The molecule has 27 atom stereocenters. The Balaban J connectivity index is 1.12. The number of ether oxygens (including phenoxy) is 8. The van der Waals surface area contributed by atoms with E-state index in [4.69, 9.17) is 37.9 Å². The van der Waals surface area contributed by atoms with Gasteiger partial charge >= 0.3 is 17.9 Å². The number of carbonyl (C=O) groups excluding carboxylic acids is 2. The fourth-order valence-electron chi connectivity index (χ4n) is 15.8. The van der Waals surface area contributed by atoms with E-state index in [1.54, 1.807) is 39.8 Å². The molecule has 0 radical (unpaired) electrons. The van der Waals surface area contributed by atoms with Gasteiger partial charge in [0.1, 0.15) is 67.1 Å². The lowest BCUT2D eigenvalue weighted by atomic mass is 9.33. The zero-order valence-electron chi connectivity index (χ0n) is 46.7. The minimum Gasteiger partial charge on any atom is -0.479 e. The molecule has 12 N–H and O–H groups in total. The normalized spacial score (nSPS) is 49.8. The number of hydrogen-bond acceptors (Lipinski definition) is 22. The van der Waals surface area contributed by atoms with Crippen molar-refractivity contribution < 1.29 is 114 Å². The summed E-state index contributed by atoms with van der Waals surface area (Å²) in [5.74, 6) is -4.25. The molecule has 0 bridgehead atoms. The third kappa shape index (κ3) is 9.88. The predicted octanol–water partition coefficient (Wildman–Crippen LogP) is -0.127. The second-order valence-electron chi connectivity index (χ2n) is 25.2. The number of rotatable bonds is 14. The molecular weight excluding hydrogens is 1040 g/mol. The van der Waals surface area contributed by atoms with Crippen molar-refractivity contribution in [3.8, 4) is 0 Å². The first-order valence-electron chi connectivity index (χ1n) is 27.8. The first kappa shape index (κ1) is 62.0. The molecule has 0 aromatic heterocycles. The van der Waals surface area contributed by atoms with E-state index in [2.05, 4.69) is 19.9 Å². The van der Waals surface area contributed by atoms with Crippen LogP contribution in [0, 0.1) is 50.7 Å². The number of aliphatic hydroxyl groups excluding tert-OH is 11. The van der Waals surface area contributed by atoms with Gasteiger partial charge in [0, 0.05) is 22.0 Å². The third-order valence-corrected chi connectivity index (χ3v) is 21.0. The van der Waals surface area contributed by atoms with Crippen LogP contribution in [0.3, 0.4) is 0 Å². The van der Waals surface area contributed by atoms with E-state index in [1.807, 2.05) is 27.7 Å². The summed E-state index contributed by atoms with van der Waals surface area (Å²) in [4.78, 5) is 40.2. The Hall–Kier alpha value is -3.05. The molecule has 23 nitrogen and oxygen atoms in total. The molecule has 3 aliphatic heterocycles. The molecule has 23 heteroatoms. The molecule has 0 unspecified atom stereocenters. The zero-order chi connectivity index (χ0) is 58.4. The predicted molar refractivity (Wildman–Crippen MR) is 272 cm³/mol. The summed E-state index contributed by atoms with van der Waals surface area (Å²) in [6.45, 7) is 16.4. The number of carbonyl (C=O) groups is 3. The van der Waals surface area contributed by atoms with Crippen molar-refractivity contribution in [1.29, 1.82) is 0 Å². The van der Waals surface area contributed by atoms with Crippen molar-refractivity contribution in [1.82, 2.24) is 0 Å². The van der Waals surface area contributed by atoms with Crippen LogP contribution < -0.4 is 0 Å². The van der Waals surface area contributed by atoms with Gasteiger partial charge in [0.2, 0.25) is 0 Å². The van der Waals surface area contributed by atoms with Gasteiger partial charge in [0.25, 0.3) is 0 Å². The first-order chi connectivity index (χ1) is 37.0. The Kier molecular flexibility index (Phi) is 17.9. The zero-order valence-corrected chi connectivity index (χ0v) is 46.7. The van der Waals surface area contributed by atoms with E-state index >= 15 is 0 Å². The average molecular weight is 1130 g/mol. The van der Waals surface area contributed by atoms with E-state index < -0.39 is 187 Å². The van der Waals surface area contributed by atoms with Crippen molar-refractivity contribution in [3.05, 3.63) is 34.9 Å². The van der Waals surface area contributed by atoms with Gasteiger partial charge in [-0.25, -0.2) is 14.4 Å². The highest BCUT2D eigenvalue weighted by Crippen LogP contribution is 2.75. The molecule has 7 fully saturated rings. The Morgan fingerprint density at radius 2 is 1.22 bits per heavy atom. The molecule has 0 aromatic carbocycles. The van der Waals surface area contributed by atoms with E-state index in [0.29, 0.717) is 37.7 Å². The number of hydrogen-bond donors (Lipinski definition) is 12. The highest BCUT2D eigenvalue weighted by atomic mass is 16.8. The summed E-state index contributed by atoms with van der Waals surface area (Å²) < 4.78 is 48.8. The van der Waals surface area contributed by atoms with Crippen LogP contribution in [-0.2, 0) is 52.3 Å². The van der Waals surface area contributed by atoms with Crippen LogP contribution in [0.1, 0.15) is 108 Å². The van der Waals surface area contributed by atoms with Crippen LogP contribution in [0.2, 0.25) is 0 Å². The van der Waals surface area contributed by atoms with E-state index in [9.17, 15) is 75.7 Å². The maximum absolute atomic E-state index is 13.8. The van der Waals surface area contributed by atoms with Crippen LogP contribution in [0.25, 0.3) is 0 Å². The number of esters is 2. The minimum absolute atomic E-state index is 0.103. The summed E-state index contributed by atoms with van der Waals surface area (Å²) in [6, 6.07) is 0. The maximum Gasteiger partial charge on any atom is 0.335 e. The van der Waals surface area contributed by atoms with Gasteiger partial charge in [-0.1, -0.05) is 65.3 Å². The van der Waals surface area contributed by atoms with Crippen LogP contribution in [0.15, 0.2) is 34.9 Å². The summed E-state index contributed by atoms with van der Waals surface area (Å²) in [5, 5.41) is 134. The number of fused-ring (bicyclic) bond motifs is 7. The topological polar surface area (TPSA) is 368 Å². The van der Waals surface area contributed by atoms with Gasteiger partial charge in [-0.2, -0.15) is 0 Å². The Morgan fingerprint density at radius 3 is 1.76 bits per heavy atom. The minimum atomic E-state index is -2.12. The molecular formula is C56H86O23. The standard InChI is InChI=1S/C56H86O23/c1-11-23(3)47(70)78-44-45(79-48(71)24(4)12-2)56(22-59)28(19-52(44,6)7)27-13-14-32-53(8)17-16-29(25(5)26(53)15-18-54(32,9)55(27,10)42(66)43(56)67)72-51-41(77-50-37(64)35(62)33(60)30(20-57)73-50)39(38(65)40(76-51)46(68)69)75-49-36(63)34(61)31(21-58)74-49/h11-13,25-26,28-45,49-51,57-67H,14-22H2,1-10H3,(H,68,69)/t25-,26-,28-,29-,30+,31-,32+,33-,34-,35-,36+,37+,38-,39-,40-,41+,42-,43+,44-,45-,49-,50-,51+,53-,54+,55-,56-/m0/s1. The highest BCUT2D eigenvalue weighted by molar-refractivity contribution is 5.89. The van der Waals surface area contributed by atoms with Crippen molar-refractivity contribution in [2.75, 3.05) is 19.8 Å². The number of aliphatic carboxylic acids is 1. The average Bonchev–Trinajstić information content (AvgIpc) is 2.30. The fourth-order valence-corrected chi connectivity index (χ4v) is 15.8. The third-order valence-electron chi connectivity index (χ3n) is 21.0. The number of aliphatic hydroxyl groups is 11. The fraction of sp³-hybridized carbons (Fsp3) is 0.839. The van der Waals surface area contributed by atoms with Crippen molar-refractivity contribution >= 4 is 17.9 Å². The SMILES string of the molecule is CC=C(C)C(=O)O[C@H]1[C@H](OC(=O)C(C)=CC)[C@]2(CO)[C@H](O)[C@H](O)[C@]3(C)C(=CC[C@@H]4[C@@]5(C)CC[C@H](O[C@@H]6O[C@H](C(=O)O)[C@@H](O)[C@H](O[C@@H]7O[C@@H](CO)[C@H](O)[C@H]7O)[C@H]6O[C@@H]6O[C@H](CO)[C@H](O)[C@H](O)[C@H]6O)[C@@H](C)[C@@H]5CC[C@]43C)[C@@H]2CC1(C)C. The molecule has 4 saturated carbocycles. The Labute approximate surface area is 460 Å². The van der Waals surface area contributed by atoms with Crippen LogP contribution in [-0.4, -0.2) is 216 Å². The largest absolute Gasteiger partial charge is 0.479 e. The molecule has 3 saturated heterocycles. The Morgan fingerprint density at radius 1 is 0.671 bits per heavy atom. The molecule has 448 valence electrons. The highest BCUT2D eigenvalue weighted by Gasteiger charge is 2.76. The molecule has 3 heterocycles. The number of carboxylic acids is 1. The second kappa shape index (κ2) is 22.8. The van der Waals surface area contributed by atoms with Crippen LogP contribution in [0.5, 0.6) is 0 Å². The van der Waals surface area contributed by atoms with Crippen LogP contribution in [0.4, 0.5) is 0 Å². The lowest BCUT2D eigenvalue weighted by Crippen LogP contribution is -2.76. The first-order valence-corrected chi connectivity index (χ1v) is 27.8. The number of carboxylic acid groups (broad SMARTS) is 1. The molecule has 8 rings (SSSR count). The molecule has 0 aromatic rings. The smallest absolute Gasteiger partial charge is 0.335 e. The summed E-state index contributed by atoms with van der Waals surface area (Å²) >= 11 is 0. The molecule has 0 spiro atoms. The molecule has 8 aliphatic rings. The molecule has 0 amide bonds. The maximum atomic E-state index is 13.8. The van der Waals surface area contributed by atoms with Crippen molar-refractivity contribution in [3.63, 3.8) is 0 Å². The lowest BCUT2D eigenvalue weighted by molar-refractivity contribution is -0.384. The second-order valence-corrected chi connectivity index (χ2v) is 25.2. The van der Waals surface area contributed by atoms with E-state index in [0.717, 1.165) is 5.57 Å².